The molecule has 0 fully saturated rings. The van der Waals surface area contributed by atoms with Gasteiger partial charge >= 0.3 is 0 Å². The van der Waals surface area contributed by atoms with E-state index in [2.05, 4.69) is 15.5 Å². The Morgan fingerprint density at radius 1 is 1.40 bits per heavy atom. The fourth-order valence-corrected chi connectivity index (χ4v) is 2.40. The summed E-state index contributed by atoms with van der Waals surface area (Å²) in [5.41, 5.74) is 3.96. The summed E-state index contributed by atoms with van der Waals surface area (Å²) in [7, 11) is 0. The largest absolute Gasteiger partial charge is 0.467 e. The average Bonchev–Trinajstić information content (AvgIpc) is 2.80. The first kappa shape index (κ1) is 13.8. The van der Waals surface area contributed by atoms with Crippen molar-refractivity contribution in [1.29, 1.82) is 10.5 Å². The summed E-state index contributed by atoms with van der Waals surface area (Å²) in [4.78, 5) is 4.35. The molecule has 100 valence electrons. The van der Waals surface area contributed by atoms with Gasteiger partial charge in [0.2, 0.25) is 5.71 Å². The van der Waals surface area contributed by atoms with Crippen molar-refractivity contribution in [2.45, 2.75) is 20.0 Å². The quantitative estimate of drug-likeness (QED) is 0.688. The van der Waals surface area contributed by atoms with Crippen LogP contribution in [-0.2, 0) is 0 Å². The number of nitrogens with zero attached hydrogens (tertiary/aromatic N) is 4. The van der Waals surface area contributed by atoms with Gasteiger partial charge in [0.15, 0.2) is 0 Å². The number of nitrogens with one attached hydrogen (secondary N) is 1. The number of ether oxygens (including phenoxy) is 1. The monoisotopic (exact) mass is 285 g/mol. The van der Waals surface area contributed by atoms with E-state index >= 15 is 0 Å². The van der Waals surface area contributed by atoms with Crippen molar-refractivity contribution in [1.82, 2.24) is 4.98 Å². The topological polar surface area (TPSA) is 94.1 Å². The van der Waals surface area contributed by atoms with Gasteiger partial charge in [-0.25, -0.2) is 4.98 Å². The van der Waals surface area contributed by atoms with Gasteiger partial charge in [0, 0.05) is 0 Å². The zero-order valence-corrected chi connectivity index (χ0v) is 11.7. The lowest BCUT2D eigenvalue weighted by Gasteiger charge is -2.03. The highest BCUT2D eigenvalue weighted by Crippen LogP contribution is 2.30. The van der Waals surface area contributed by atoms with Crippen molar-refractivity contribution >= 4 is 33.0 Å². The van der Waals surface area contributed by atoms with Gasteiger partial charge in [-0.05, 0) is 32.0 Å². The number of benzene rings is 1. The Morgan fingerprint density at radius 2 is 2.15 bits per heavy atom. The Bertz CT molecular complexity index is 719. The summed E-state index contributed by atoms with van der Waals surface area (Å²) in [6, 6.07) is 8.81. The molecule has 0 amide bonds. The van der Waals surface area contributed by atoms with Gasteiger partial charge < -0.3 is 4.74 Å². The number of anilines is 1. The third kappa shape index (κ3) is 3.22. The Morgan fingerprint density at radius 3 is 2.80 bits per heavy atom. The molecule has 1 heterocycles. The molecule has 7 heteroatoms. The number of hydrogen-bond acceptors (Lipinski definition) is 7. The molecule has 0 radical (unpaired) electrons. The molecular weight excluding hydrogens is 274 g/mol. The molecule has 1 aromatic heterocycles. The van der Waals surface area contributed by atoms with Crippen LogP contribution in [0.2, 0.25) is 0 Å². The zero-order chi connectivity index (χ0) is 14.5. The predicted molar refractivity (Wildman–Crippen MR) is 77.7 cm³/mol. The normalized spacial score (nSPS) is 9.85. The lowest BCUT2D eigenvalue weighted by atomic mass is 10.3. The van der Waals surface area contributed by atoms with E-state index in [0.717, 1.165) is 10.2 Å². The van der Waals surface area contributed by atoms with Crippen LogP contribution >= 0.6 is 11.3 Å². The van der Waals surface area contributed by atoms with Crippen LogP contribution in [0.25, 0.3) is 10.2 Å². The fraction of sp³-hybridized carbons (Fsp3) is 0.231. The summed E-state index contributed by atoms with van der Waals surface area (Å²) in [6.45, 7) is 3.89. The molecule has 0 aliphatic heterocycles. The van der Waals surface area contributed by atoms with Gasteiger partial charge in [0.1, 0.15) is 12.1 Å². The standard InChI is InChI=1S/C13H11N5OS/c1-8(2)19-13-16-11-4-3-9(5-12(11)20-13)17-18-10(6-14)7-15/h3-5,8,17H,1-2H3. The number of hydrogen-bond donors (Lipinski definition) is 1. The molecule has 2 aromatic rings. The molecule has 1 N–H and O–H groups in total. The van der Waals surface area contributed by atoms with Gasteiger partial charge in [-0.3, -0.25) is 5.43 Å². The van der Waals surface area contributed by atoms with E-state index in [-0.39, 0.29) is 11.8 Å². The van der Waals surface area contributed by atoms with E-state index in [1.807, 2.05) is 26.0 Å². The van der Waals surface area contributed by atoms with Crippen molar-refractivity contribution < 1.29 is 4.74 Å². The van der Waals surface area contributed by atoms with Gasteiger partial charge in [0.25, 0.3) is 5.19 Å². The van der Waals surface area contributed by atoms with Crippen molar-refractivity contribution in [3.8, 4) is 17.3 Å². The van der Waals surface area contributed by atoms with Gasteiger partial charge in [-0.15, -0.1) is 0 Å². The number of aromatic nitrogens is 1. The highest BCUT2D eigenvalue weighted by Gasteiger charge is 2.07. The van der Waals surface area contributed by atoms with Crippen molar-refractivity contribution in [2.24, 2.45) is 5.10 Å². The van der Waals surface area contributed by atoms with Crippen molar-refractivity contribution in [3.63, 3.8) is 0 Å². The zero-order valence-electron chi connectivity index (χ0n) is 10.9. The molecule has 0 aliphatic carbocycles. The maximum absolute atomic E-state index is 8.60. The highest BCUT2D eigenvalue weighted by molar-refractivity contribution is 7.20. The number of hydrazone groups is 1. The van der Waals surface area contributed by atoms with Crippen LogP contribution < -0.4 is 10.2 Å². The molecule has 0 unspecified atom stereocenters. The highest BCUT2D eigenvalue weighted by atomic mass is 32.1. The third-order valence-corrected chi connectivity index (χ3v) is 3.12. The maximum atomic E-state index is 8.60. The SMILES string of the molecule is CC(C)Oc1nc2ccc(NN=C(C#N)C#N)cc2s1. The lowest BCUT2D eigenvalue weighted by Crippen LogP contribution is -2.04. The van der Waals surface area contributed by atoms with E-state index < -0.39 is 0 Å². The summed E-state index contributed by atoms with van der Waals surface area (Å²) < 4.78 is 6.49. The van der Waals surface area contributed by atoms with Crippen LogP contribution in [0.4, 0.5) is 5.69 Å². The van der Waals surface area contributed by atoms with Crippen molar-refractivity contribution in [3.05, 3.63) is 18.2 Å². The first-order valence-corrected chi connectivity index (χ1v) is 6.65. The predicted octanol–water partition coefficient (Wildman–Crippen LogP) is 2.90. The summed E-state index contributed by atoms with van der Waals surface area (Å²) >= 11 is 1.43. The van der Waals surface area contributed by atoms with Crippen LogP contribution in [0.1, 0.15) is 13.8 Å². The molecule has 6 nitrogen and oxygen atoms in total. The molecule has 0 aliphatic rings. The van der Waals surface area contributed by atoms with E-state index in [1.54, 1.807) is 18.2 Å². The first-order valence-electron chi connectivity index (χ1n) is 5.83. The molecule has 2 rings (SSSR count). The molecule has 0 saturated heterocycles. The number of thiazole rings is 1. The first-order chi connectivity index (χ1) is 9.62. The van der Waals surface area contributed by atoms with Crippen LogP contribution in [0.15, 0.2) is 23.3 Å². The minimum absolute atomic E-state index is 0.0755. The Hall–Kier alpha value is -2.64. The van der Waals surface area contributed by atoms with E-state index in [0.29, 0.717) is 10.9 Å². The second-order valence-corrected chi connectivity index (χ2v) is 5.12. The second-order valence-electron chi connectivity index (χ2n) is 4.12. The minimum atomic E-state index is -0.224. The maximum Gasteiger partial charge on any atom is 0.274 e. The summed E-state index contributed by atoms with van der Waals surface area (Å²) in [6.07, 6.45) is 0.0755. The van der Waals surface area contributed by atoms with Crippen LogP contribution in [0.3, 0.4) is 0 Å². The third-order valence-electron chi connectivity index (χ3n) is 2.21. The van der Waals surface area contributed by atoms with Crippen LogP contribution in [0.5, 0.6) is 5.19 Å². The molecule has 0 atom stereocenters. The van der Waals surface area contributed by atoms with Crippen LogP contribution in [-0.4, -0.2) is 16.8 Å². The number of nitriles is 2. The van der Waals surface area contributed by atoms with E-state index in [9.17, 15) is 0 Å². The molecule has 0 spiro atoms. The van der Waals surface area contributed by atoms with Gasteiger partial charge in [-0.2, -0.15) is 15.6 Å². The van der Waals surface area contributed by atoms with Gasteiger partial charge in [0.05, 0.1) is 22.0 Å². The fourth-order valence-electron chi connectivity index (χ4n) is 1.42. The lowest BCUT2D eigenvalue weighted by molar-refractivity contribution is 0.242. The van der Waals surface area contributed by atoms with E-state index in [1.165, 1.54) is 11.3 Å². The molecular formula is C13H11N5OS. The summed E-state index contributed by atoms with van der Waals surface area (Å²) in [5.74, 6) is 0. The van der Waals surface area contributed by atoms with Crippen molar-refractivity contribution in [2.75, 3.05) is 5.43 Å². The van der Waals surface area contributed by atoms with E-state index in [4.69, 9.17) is 15.3 Å². The molecule has 20 heavy (non-hydrogen) atoms. The number of fused-ring (bicyclic) bond motifs is 1. The van der Waals surface area contributed by atoms with Gasteiger partial charge in [-0.1, -0.05) is 11.3 Å². The minimum Gasteiger partial charge on any atom is -0.467 e. The smallest absolute Gasteiger partial charge is 0.274 e. The Balaban J connectivity index is 2.24. The average molecular weight is 285 g/mol. The Labute approximate surface area is 119 Å². The molecule has 0 saturated carbocycles. The number of rotatable bonds is 4. The molecule has 0 bridgehead atoms. The summed E-state index contributed by atoms with van der Waals surface area (Å²) in [5, 5.41) is 21.5. The van der Waals surface area contributed by atoms with Crippen LogP contribution in [0, 0.1) is 22.7 Å². The molecule has 1 aromatic carbocycles. The second kappa shape index (κ2) is 6.00. The Kier molecular flexibility index (Phi) is 4.14.